The van der Waals surface area contributed by atoms with Crippen LogP contribution in [0.3, 0.4) is 0 Å². The Kier molecular flexibility index (Phi) is 4.97. The average molecular weight is 380 g/mol. The maximum atomic E-state index is 13.9. The summed E-state index contributed by atoms with van der Waals surface area (Å²) in [6.07, 6.45) is 1.52. The lowest BCUT2D eigenvalue weighted by Crippen LogP contribution is -2.49. The molecule has 1 saturated heterocycles. The Morgan fingerprint density at radius 3 is 2.21 bits per heavy atom. The molecule has 0 aliphatic carbocycles. The van der Waals surface area contributed by atoms with Crippen LogP contribution in [0.1, 0.15) is 10.4 Å². The molecule has 142 valence electrons. The summed E-state index contributed by atoms with van der Waals surface area (Å²) in [6, 6.07) is 15.1. The fourth-order valence-corrected chi connectivity index (χ4v) is 3.29. The van der Waals surface area contributed by atoms with E-state index in [9.17, 15) is 13.6 Å². The van der Waals surface area contributed by atoms with Gasteiger partial charge < -0.3 is 9.80 Å². The predicted molar refractivity (Wildman–Crippen MR) is 102 cm³/mol. The zero-order valence-electron chi connectivity index (χ0n) is 15.1. The van der Waals surface area contributed by atoms with Gasteiger partial charge in [0.05, 0.1) is 5.69 Å². The van der Waals surface area contributed by atoms with Gasteiger partial charge in [0.25, 0.3) is 5.91 Å². The standard InChI is InChI=1S/C21H18F2N4O/c22-16-7-4-8-17(23)20(16)21(28)27-11-9-26(10-12-27)19-13-18(24-14-25-19)15-5-2-1-3-6-15/h1-8,13-14H,9-12H2. The molecule has 0 atom stereocenters. The molecule has 0 spiro atoms. The van der Waals surface area contributed by atoms with Crippen molar-refractivity contribution in [3.05, 3.63) is 78.1 Å². The van der Waals surface area contributed by atoms with E-state index in [0.717, 1.165) is 29.2 Å². The third-order valence-electron chi connectivity index (χ3n) is 4.79. The Balaban J connectivity index is 1.47. The quantitative estimate of drug-likeness (QED) is 0.699. The van der Waals surface area contributed by atoms with Gasteiger partial charge in [-0.1, -0.05) is 36.4 Å². The molecule has 1 aromatic heterocycles. The highest BCUT2D eigenvalue weighted by molar-refractivity contribution is 5.95. The summed E-state index contributed by atoms with van der Waals surface area (Å²) in [6.45, 7) is 1.76. The smallest absolute Gasteiger partial charge is 0.259 e. The van der Waals surface area contributed by atoms with Crippen molar-refractivity contribution in [1.29, 1.82) is 0 Å². The van der Waals surface area contributed by atoms with Crippen LogP contribution < -0.4 is 4.90 Å². The number of hydrogen-bond acceptors (Lipinski definition) is 4. The second kappa shape index (κ2) is 7.72. The number of carbonyl (C=O) groups is 1. The zero-order valence-corrected chi connectivity index (χ0v) is 15.1. The second-order valence-electron chi connectivity index (χ2n) is 6.50. The third kappa shape index (κ3) is 3.55. The Labute approximate surface area is 161 Å². The molecule has 1 amide bonds. The largest absolute Gasteiger partial charge is 0.353 e. The SMILES string of the molecule is O=C(c1c(F)cccc1F)N1CCN(c2cc(-c3ccccc3)ncn2)CC1. The van der Waals surface area contributed by atoms with Crippen molar-refractivity contribution < 1.29 is 13.6 Å². The van der Waals surface area contributed by atoms with Crippen LogP contribution in [0.2, 0.25) is 0 Å². The van der Waals surface area contributed by atoms with Crippen LogP contribution >= 0.6 is 0 Å². The number of carbonyl (C=O) groups excluding carboxylic acids is 1. The van der Waals surface area contributed by atoms with Crippen LogP contribution in [0.15, 0.2) is 60.9 Å². The molecule has 1 aliphatic heterocycles. The topological polar surface area (TPSA) is 49.3 Å². The van der Waals surface area contributed by atoms with Crippen molar-refractivity contribution in [2.24, 2.45) is 0 Å². The monoisotopic (exact) mass is 380 g/mol. The van der Waals surface area contributed by atoms with Crippen LogP contribution in [-0.2, 0) is 0 Å². The summed E-state index contributed by atoms with van der Waals surface area (Å²) in [5.41, 5.74) is 1.32. The van der Waals surface area contributed by atoms with Gasteiger partial charge in [0.2, 0.25) is 0 Å². The minimum atomic E-state index is -0.837. The van der Waals surface area contributed by atoms with Gasteiger partial charge in [0.15, 0.2) is 0 Å². The first-order valence-corrected chi connectivity index (χ1v) is 8.99. The van der Waals surface area contributed by atoms with Gasteiger partial charge in [-0.25, -0.2) is 18.7 Å². The van der Waals surface area contributed by atoms with Gasteiger partial charge in [-0.05, 0) is 12.1 Å². The molecule has 0 saturated carbocycles. The van der Waals surface area contributed by atoms with E-state index in [0.29, 0.717) is 26.2 Å². The molecule has 0 N–H and O–H groups in total. The number of amides is 1. The van der Waals surface area contributed by atoms with Crippen molar-refractivity contribution in [2.45, 2.75) is 0 Å². The van der Waals surface area contributed by atoms with E-state index in [-0.39, 0.29) is 0 Å². The van der Waals surface area contributed by atoms with Gasteiger partial charge in [-0.2, -0.15) is 0 Å². The van der Waals surface area contributed by atoms with Gasteiger partial charge in [0, 0.05) is 37.8 Å². The Morgan fingerprint density at radius 2 is 1.54 bits per heavy atom. The van der Waals surface area contributed by atoms with Crippen molar-refractivity contribution >= 4 is 11.7 Å². The molecule has 1 fully saturated rings. The molecule has 0 unspecified atom stereocenters. The number of nitrogens with zero attached hydrogens (tertiary/aromatic N) is 4. The lowest BCUT2D eigenvalue weighted by atomic mass is 10.1. The number of benzene rings is 2. The first-order valence-electron chi connectivity index (χ1n) is 8.99. The van der Waals surface area contributed by atoms with Gasteiger partial charge in [-0.15, -0.1) is 0 Å². The molecule has 3 aromatic rings. The number of anilines is 1. The van der Waals surface area contributed by atoms with Crippen LogP contribution in [0.25, 0.3) is 11.3 Å². The molecule has 5 nitrogen and oxygen atoms in total. The fraction of sp³-hybridized carbons (Fsp3) is 0.190. The normalized spacial score (nSPS) is 14.2. The average Bonchev–Trinajstić information content (AvgIpc) is 2.74. The summed E-state index contributed by atoms with van der Waals surface area (Å²) in [5, 5.41) is 0. The van der Waals surface area contributed by atoms with Gasteiger partial charge >= 0.3 is 0 Å². The van der Waals surface area contributed by atoms with Crippen molar-refractivity contribution in [3.63, 3.8) is 0 Å². The van der Waals surface area contributed by atoms with Gasteiger partial charge in [0.1, 0.15) is 29.3 Å². The number of piperazine rings is 1. The first kappa shape index (κ1) is 18.0. The second-order valence-corrected chi connectivity index (χ2v) is 6.50. The van der Waals surface area contributed by atoms with E-state index in [2.05, 4.69) is 9.97 Å². The summed E-state index contributed by atoms with van der Waals surface area (Å²) in [4.78, 5) is 24.7. The molecular weight excluding hydrogens is 362 g/mol. The molecule has 1 aliphatic rings. The maximum Gasteiger partial charge on any atom is 0.259 e. The van der Waals surface area contributed by atoms with Crippen LogP contribution in [0, 0.1) is 11.6 Å². The lowest BCUT2D eigenvalue weighted by Gasteiger charge is -2.35. The fourth-order valence-electron chi connectivity index (χ4n) is 3.29. The van der Waals surface area contributed by atoms with E-state index in [1.165, 1.54) is 17.3 Å². The van der Waals surface area contributed by atoms with Crippen LogP contribution in [0.4, 0.5) is 14.6 Å². The minimum Gasteiger partial charge on any atom is -0.353 e. The maximum absolute atomic E-state index is 13.9. The number of halogens is 2. The minimum absolute atomic E-state index is 0.358. The van der Waals surface area contributed by atoms with Crippen molar-refractivity contribution in [1.82, 2.24) is 14.9 Å². The van der Waals surface area contributed by atoms with Crippen molar-refractivity contribution in [2.75, 3.05) is 31.1 Å². The Morgan fingerprint density at radius 1 is 0.857 bits per heavy atom. The lowest BCUT2D eigenvalue weighted by molar-refractivity contribution is 0.0736. The number of hydrogen-bond donors (Lipinski definition) is 0. The van der Waals surface area contributed by atoms with Crippen molar-refractivity contribution in [3.8, 4) is 11.3 Å². The van der Waals surface area contributed by atoms with E-state index >= 15 is 0 Å². The van der Waals surface area contributed by atoms with E-state index in [1.54, 1.807) is 0 Å². The zero-order chi connectivity index (χ0) is 19.5. The summed E-state index contributed by atoms with van der Waals surface area (Å²) >= 11 is 0. The van der Waals surface area contributed by atoms with Crippen LogP contribution in [0.5, 0.6) is 0 Å². The van der Waals surface area contributed by atoms with Crippen LogP contribution in [-0.4, -0.2) is 47.0 Å². The summed E-state index contributed by atoms with van der Waals surface area (Å²) < 4.78 is 27.8. The Bertz CT molecular complexity index is 968. The highest BCUT2D eigenvalue weighted by Crippen LogP contribution is 2.22. The first-order chi connectivity index (χ1) is 13.6. The molecule has 2 heterocycles. The molecule has 7 heteroatoms. The molecule has 4 rings (SSSR count). The van der Waals surface area contributed by atoms with E-state index in [1.807, 2.05) is 41.3 Å². The predicted octanol–water partition coefficient (Wildman–Crippen LogP) is 3.38. The number of aromatic nitrogens is 2. The third-order valence-corrected chi connectivity index (χ3v) is 4.79. The summed E-state index contributed by atoms with van der Waals surface area (Å²) in [7, 11) is 0. The highest BCUT2D eigenvalue weighted by Gasteiger charge is 2.27. The van der Waals surface area contributed by atoms with E-state index in [4.69, 9.17) is 0 Å². The number of rotatable bonds is 3. The van der Waals surface area contributed by atoms with E-state index < -0.39 is 23.1 Å². The molecule has 2 aromatic carbocycles. The summed E-state index contributed by atoms with van der Waals surface area (Å²) in [5.74, 6) is -1.53. The highest BCUT2D eigenvalue weighted by atomic mass is 19.1. The Hall–Kier alpha value is -3.35. The van der Waals surface area contributed by atoms with Gasteiger partial charge in [-0.3, -0.25) is 4.79 Å². The molecule has 0 radical (unpaired) electrons. The molecular formula is C21H18F2N4O. The molecule has 0 bridgehead atoms. The molecule has 28 heavy (non-hydrogen) atoms.